The van der Waals surface area contributed by atoms with E-state index >= 15 is 0 Å². The van der Waals surface area contributed by atoms with Gasteiger partial charge in [0.05, 0.1) is 6.54 Å². The molecule has 5 heteroatoms. The zero-order valence-electron chi connectivity index (χ0n) is 10.3. The van der Waals surface area contributed by atoms with Crippen LogP contribution in [-0.4, -0.2) is 43.1 Å². The number of hydrogen-bond donors (Lipinski definition) is 0. The quantitative estimate of drug-likeness (QED) is 0.733. The van der Waals surface area contributed by atoms with Gasteiger partial charge < -0.3 is 9.47 Å². The molecule has 0 unspecified atom stereocenters. The molecular formula is C13H15NO4. The number of amides is 2. The third-order valence-corrected chi connectivity index (χ3v) is 2.99. The van der Waals surface area contributed by atoms with Gasteiger partial charge in [0, 0.05) is 14.2 Å². The lowest BCUT2D eigenvalue weighted by molar-refractivity contribution is -0.142. The van der Waals surface area contributed by atoms with Crippen molar-refractivity contribution in [2.75, 3.05) is 14.2 Å². The molecule has 96 valence electrons. The summed E-state index contributed by atoms with van der Waals surface area (Å²) in [5, 5.41) is 0. The molecule has 2 amide bonds. The Labute approximate surface area is 105 Å². The lowest BCUT2D eigenvalue weighted by atomic mass is 10.2. The SMILES string of the molecule is CO[C@H]1C(=O)N(Cc2ccccc2)C(=O)[C@@H]1OC. The molecule has 1 aliphatic heterocycles. The summed E-state index contributed by atoms with van der Waals surface area (Å²) in [6.07, 6.45) is -1.68. The maximum atomic E-state index is 12.0. The van der Waals surface area contributed by atoms with Gasteiger partial charge in [-0.2, -0.15) is 0 Å². The Morgan fingerprint density at radius 1 is 1.00 bits per heavy atom. The highest BCUT2D eigenvalue weighted by molar-refractivity contribution is 6.08. The fourth-order valence-electron chi connectivity index (χ4n) is 2.05. The molecule has 1 saturated heterocycles. The van der Waals surface area contributed by atoms with E-state index < -0.39 is 12.2 Å². The predicted molar refractivity (Wildman–Crippen MR) is 63.6 cm³/mol. The van der Waals surface area contributed by atoms with Crippen molar-refractivity contribution in [2.45, 2.75) is 18.8 Å². The largest absolute Gasteiger partial charge is 0.368 e. The molecular weight excluding hydrogens is 234 g/mol. The second-order valence-corrected chi connectivity index (χ2v) is 4.06. The van der Waals surface area contributed by atoms with Crippen molar-refractivity contribution in [3.8, 4) is 0 Å². The first-order valence-corrected chi connectivity index (χ1v) is 5.63. The van der Waals surface area contributed by atoms with Crippen LogP contribution in [-0.2, 0) is 25.6 Å². The molecule has 1 fully saturated rings. The highest BCUT2D eigenvalue weighted by atomic mass is 16.5. The second kappa shape index (κ2) is 5.29. The van der Waals surface area contributed by atoms with Crippen LogP contribution in [0.2, 0.25) is 0 Å². The van der Waals surface area contributed by atoms with Crippen molar-refractivity contribution in [3.63, 3.8) is 0 Å². The molecule has 2 atom stereocenters. The number of carbonyl (C=O) groups excluding carboxylic acids is 2. The van der Waals surface area contributed by atoms with E-state index in [0.717, 1.165) is 5.56 Å². The normalized spacial score (nSPS) is 23.8. The topological polar surface area (TPSA) is 55.8 Å². The number of imide groups is 1. The zero-order chi connectivity index (χ0) is 13.1. The number of likely N-dealkylation sites (tertiary alicyclic amines) is 1. The summed E-state index contributed by atoms with van der Waals surface area (Å²) < 4.78 is 10.1. The Bertz CT molecular complexity index is 424. The van der Waals surface area contributed by atoms with Crippen molar-refractivity contribution in [1.29, 1.82) is 0 Å². The summed E-state index contributed by atoms with van der Waals surface area (Å²) in [7, 11) is 2.79. The summed E-state index contributed by atoms with van der Waals surface area (Å²) in [4.78, 5) is 25.2. The predicted octanol–water partition coefficient (Wildman–Crippen LogP) is 0.585. The summed E-state index contributed by atoms with van der Waals surface area (Å²) in [5.41, 5.74) is 0.894. The van der Waals surface area contributed by atoms with Gasteiger partial charge in [-0.05, 0) is 5.56 Å². The molecule has 1 heterocycles. The first kappa shape index (κ1) is 12.7. The minimum absolute atomic E-state index is 0.248. The lowest BCUT2D eigenvalue weighted by Crippen LogP contribution is -2.32. The van der Waals surface area contributed by atoms with Crippen LogP contribution in [0, 0.1) is 0 Å². The Kier molecular flexibility index (Phi) is 3.74. The Morgan fingerprint density at radius 2 is 1.50 bits per heavy atom. The van der Waals surface area contributed by atoms with Gasteiger partial charge in [-0.1, -0.05) is 30.3 Å². The number of rotatable bonds is 4. The van der Waals surface area contributed by atoms with E-state index in [1.807, 2.05) is 30.3 Å². The van der Waals surface area contributed by atoms with E-state index in [9.17, 15) is 9.59 Å². The van der Waals surface area contributed by atoms with E-state index in [1.165, 1.54) is 19.1 Å². The third-order valence-electron chi connectivity index (χ3n) is 2.99. The van der Waals surface area contributed by atoms with E-state index in [0.29, 0.717) is 0 Å². The Hall–Kier alpha value is -1.72. The molecule has 0 aromatic heterocycles. The lowest BCUT2D eigenvalue weighted by Gasteiger charge is -2.13. The minimum Gasteiger partial charge on any atom is -0.368 e. The van der Waals surface area contributed by atoms with E-state index in [2.05, 4.69) is 0 Å². The van der Waals surface area contributed by atoms with Crippen LogP contribution >= 0.6 is 0 Å². The van der Waals surface area contributed by atoms with Gasteiger partial charge >= 0.3 is 0 Å². The van der Waals surface area contributed by atoms with Gasteiger partial charge in [-0.3, -0.25) is 14.5 Å². The van der Waals surface area contributed by atoms with Gasteiger partial charge in [0.15, 0.2) is 12.2 Å². The number of benzene rings is 1. The van der Waals surface area contributed by atoms with Crippen LogP contribution in [0.15, 0.2) is 30.3 Å². The molecule has 1 aromatic carbocycles. The van der Waals surface area contributed by atoms with Crippen LogP contribution in [0.3, 0.4) is 0 Å². The van der Waals surface area contributed by atoms with Crippen LogP contribution in [0.5, 0.6) is 0 Å². The summed E-state index contributed by atoms with van der Waals surface area (Å²) in [5.74, 6) is -0.698. The molecule has 0 spiro atoms. The number of hydrogen-bond acceptors (Lipinski definition) is 4. The van der Waals surface area contributed by atoms with Gasteiger partial charge in [0.2, 0.25) is 0 Å². The van der Waals surface area contributed by atoms with Crippen molar-refractivity contribution in [3.05, 3.63) is 35.9 Å². The number of nitrogens with zero attached hydrogens (tertiary/aromatic N) is 1. The average molecular weight is 249 g/mol. The van der Waals surface area contributed by atoms with E-state index in [4.69, 9.17) is 9.47 Å². The molecule has 0 aliphatic carbocycles. The highest BCUT2D eigenvalue weighted by Gasteiger charge is 2.48. The molecule has 18 heavy (non-hydrogen) atoms. The van der Waals surface area contributed by atoms with Gasteiger partial charge in [0.25, 0.3) is 11.8 Å². The molecule has 0 N–H and O–H groups in total. The Balaban J connectivity index is 2.19. The van der Waals surface area contributed by atoms with Gasteiger partial charge in [-0.25, -0.2) is 0 Å². The second-order valence-electron chi connectivity index (χ2n) is 4.06. The standard InChI is InChI=1S/C13H15NO4/c1-17-10-11(18-2)13(16)14(12(10)15)8-9-6-4-3-5-7-9/h3-7,10-11H,8H2,1-2H3/t10-,11-/m1/s1. The zero-order valence-corrected chi connectivity index (χ0v) is 10.3. The van der Waals surface area contributed by atoms with Crippen LogP contribution in [0.4, 0.5) is 0 Å². The number of methoxy groups -OCH3 is 2. The maximum absolute atomic E-state index is 12.0. The average Bonchev–Trinajstić information content (AvgIpc) is 2.63. The van der Waals surface area contributed by atoms with Crippen molar-refractivity contribution in [1.82, 2.24) is 4.90 Å². The van der Waals surface area contributed by atoms with Crippen LogP contribution < -0.4 is 0 Å². The molecule has 0 radical (unpaired) electrons. The molecule has 2 rings (SSSR count). The smallest absolute Gasteiger partial charge is 0.261 e. The molecule has 5 nitrogen and oxygen atoms in total. The van der Waals surface area contributed by atoms with E-state index in [-0.39, 0.29) is 18.4 Å². The summed E-state index contributed by atoms with van der Waals surface area (Å²) in [6.45, 7) is 0.248. The fraction of sp³-hybridized carbons (Fsp3) is 0.385. The third kappa shape index (κ3) is 2.14. The summed E-state index contributed by atoms with van der Waals surface area (Å²) >= 11 is 0. The number of carbonyl (C=O) groups is 2. The van der Waals surface area contributed by atoms with Gasteiger partial charge in [0.1, 0.15) is 0 Å². The first-order chi connectivity index (χ1) is 8.69. The highest BCUT2D eigenvalue weighted by Crippen LogP contribution is 2.21. The number of ether oxygens (including phenoxy) is 2. The monoisotopic (exact) mass is 249 g/mol. The molecule has 1 aliphatic rings. The molecule has 0 bridgehead atoms. The molecule has 1 aromatic rings. The van der Waals surface area contributed by atoms with E-state index in [1.54, 1.807) is 0 Å². The van der Waals surface area contributed by atoms with Crippen LogP contribution in [0.1, 0.15) is 5.56 Å². The maximum Gasteiger partial charge on any atom is 0.261 e. The van der Waals surface area contributed by atoms with Gasteiger partial charge in [-0.15, -0.1) is 0 Å². The molecule has 0 saturated carbocycles. The minimum atomic E-state index is -0.841. The Morgan fingerprint density at radius 3 is 1.94 bits per heavy atom. The summed E-state index contributed by atoms with van der Waals surface area (Å²) in [6, 6.07) is 9.34. The fourth-order valence-corrected chi connectivity index (χ4v) is 2.05. The van der Waals surface area contributed by atoms with Crippen molar-refractivity contribution >= 4 is 11.8 Å². The van der Waals surface area contributed by atoms with Crippen molar-refractivity contribution in [2.24, 2.45) is 0 Å². The first-order valence-electron chi connectivity index (χ1n) is 5.63. The van der Waals surface area contributed by atoms with Crippen LogP contribution in [0.25, 0.3) is 0 Å². The van der Waals surface area contributed by atoms with Crippen molar-refractivity contribution < 1.29 is 19.1 Å².